The van der Waals surface area contributed by atoms with Crippen molar-refractivity contribution < 1.29 is 23.1 Å². The molecule has 12 heteroatoms. The number of halogens is 1. The first-order valence-electron chi connectivity index (χ1n) is 16.3. The van der Waals surface area contributed by atoms with Crippen LogP contribution in [0.5, 0.6) is 5.75 Å². The second-order valence-corrected chi connectivity index (χ2v) is 14.5. The number of aromatic carboxylic acids is 1. The first-order chi connectivity index (χ1) is 23.0. The van der Waals surface area contributed by atoms with Gasteiger partial charge in [-0.15, -0.1) is 0 Å². The number of carboxylic acid groups (broad SMARTS) is 1. The van der Waals surface area contributed by atoms with Gasteiger partial charge in [-0.3, -0.25) is 4.68 Å². The fraction of sp³-hybridized carbons (Fsp3) is 0.389. The van der Waals surface area contributed by atoms with Gasteiger partial charge in [-0.05, 0) is 62.4 Å². The van der Waals surface area contributed by atoms with Crippen LogP contribution in [0.3, 0.4) is 0 Å². The largest absolute Gasteiger partial charge is 0.493 e. The average Bonchev–Trinajstić information content (AvgIpc) is 3.51. The van der Waals surface area contributed by atoms with E-state index < -0.39 is 16.0 Å². The molecule has 3 heterocycles. The molecule has 1 aliphatic heterocycles. The van der Waals surface area contributed by atoms with Gasteiger partial charge in [-0.25, -0.2) is 13.2 Å². The fourth-order valence-electron chi connectivity index (χ4n) is 6.44. The minimum absolute atomic E-state index is 0.0803. The van der Waals surface area contributed by atoms with Crippen LogP contribution >= 0.6 is 11.6 Å². The highest BCUT2D eigenvalue weighted by molar-refractivity contribution is 7.89. The SMILES string of the molecule is CCNCC.Cc1c2c(nn1C)CN(C)S(=O)(=O)CCCn1c(C(=O)O)c(CCCOc3cccc4ccccc34)c3ccc(Cl)c-2c31. The molecule has 0 saturated heterocycles. The first-order valence-corrected chi connectivity index (χ1v) is 18.3. The molecule has 3 aromatic carbocycles. The third-order valence-corrected chi connectivity index (χ3v) is 11.0. The molecule has 0 spiro atoms. The van der Waals surface area contributed by atoms with Crippen LogP contribution in [0.15, 0.2) is 54.6 Å². The number of aromatic nitrogens is 3. The van der Waals surface area contributed by atoms with Crippen molar-refractivity contribution in [3.8, 4) is 16.9 Å². The Morgan fingerprint density at radius 3 is 2.46 bits per heavy atom. The lowest BCUT2D eigenvalue weighted by molar-refractivity contribution is 0.0684. The van der Waals surface area contributed by atoms with Crippen LogP contribution in [-0.4, -0.2) is 70.6 Å². The Morgan fingerprint density at radius 1 is 1.02 bits per heavy atom. The number of ether oxygens (including phenoxy) is 1. The Labute approximate surface area is 287 Å². The molecule has 0 radical (unpaired) electrons. The van der Waals surface area contributed by atoms with Crippen molar-refractivity contribution in [3.63, 3.8) is 0 Å². The van der Waals surface area contributed by atoms with E-state index in [9.17, 15) is 18.3 Å². The number of aryl methyl sites for hydroxylation is 3. The molecule has 0 unspecified atom stereocenters. The minimum Gasteiger partial charge on any atom is -0.493 e. The summed E-state index contributed by atoms with van der Waals surface area (Å²) in [6.07, 6.45) is 1.28. The van der Waals surface area contributed by atoms with Crippen LogP contribution in [0.2, 0.25) is 5.02 Å². The van der Waals surface area contributed by atoms with E-state index in [4.69, 9.17) is 16.3 Å². The number of nitrogens with zero attached hydrogens (tertiary/aromatic N) is 4. The van der Waals surface area contributed by atoms with E-state index in [1.807, 2.05) is 55.5 Å². The van der Waals surface area contributed by atoms with Crippen molar-refractivity contribution in [2.45, 2.75) is 53.1 Å². The van der Waals surface area contributed by atoms with E-state index in [1.165, 1.54) is 4.31 Å². The van der Waals surface area contributed by atoms with Crippen LogP contribution in [0.25, 0.3) is 32.8 Å². The number of carboxylic acids is 1. The molecule has 48 heavy (non-hydrogen) atoms. The lowest BCUT2D eigenvalue weighted by atomic mass is 9.98. The molecular weight excluding hydrogens is 650 g/mol. The van der Waals surface area contributed by atoms with Crippen LogP contribution in [-0.2, 0) is 36.6 Å². The van der Waals surface area contributed by atoms with Crippen molar-refractivity contribution in [1.82, 2.24) is 24.0 Å². The van der Waals surface area contributed by atoms with Gasteiger partial charge in [0.05, 0.1) is 35.1 Å². The number of sulfonamides is 1. The van der Waals surface area contributed by atoms with Gasteiger partial charge in [0.25, 0.3) is 0 Å². The van der Waals surface area contributed by atoms with Crippen LogP contribution < -0.4 is 10.1 Å². The number of rotatable bonds is 8. The zero-order valence-electron chi connectivity index (χ0n) is 28.2. The molecule has 0 saturated carbocycles. The summed E-state index contributed by atoms with van der Waals surface area (Å²) in [4.78, 5) is 12.9. The smallest absolute Gasteiger partial charge is 0.352 e. The van der Waals surface area contributed by atoms with E-state index in [2.05, 4.69) is 24.3 Å². The van der Waals surface area contributed by atoms with Crippen molar-refractivity contribution in [1.29, 1.82) is 0 Å². The maximum absolute atomic E-state index is 13.1. The Kier molecular flexibility index (Phi) is 11.1. The Hall–Kier alpha value is -3.90. The summed E-state index contributed by atoms with van der Waals surface area (Å²) < 4.78 is 37.2. The molecule has 0 bridgehead atoms. The zero-order chi connectivity index (χ0) is 34.6. The third kappa shape index (κ3) is 7.10. The number of benzene rings is 3. The van der Waals surface area contributed by atoms with Gasteiger partial charge in [-0.1, -0.05) is 67.9 Å². The standard InChI is InChI=1S/C32H33ClN4O5S.C4H11N/c1-20-28-26(34-36(20)3)19-35(2)43(40,41)18-8-16-37-30-24(14-15-25(33)29(28)30)23(31(37)32(38)39)12-7-17-42-27-13-6-10-21-9-4-5-11-22(21)27;1-3-5-4-2/h4-6,9-11,13-15H,7-8,12,16-19H2,1-3H3,(H,38,39);5H,3-4H2,1-2H3. The summed E-state index contributed by atoms with van der Waals surface area (Å²) in [7, 11) is -0.250. The zero-order valence-corrected chi connectivity index (χ0v) is 29.8. The lowest BCUT2D eigenvalue weighted by Gasteiger charge is -2.16. The number of hydrogen-bond acceptors (Lipinski definition) is 6. The van der Waals surface area contributed by atoms with Crippen LogP contribution in [0.1, 0.15) is 54.1 Å². The maximum atomic E-state index is 13.1. The molecule has 1 aliphatic rings. The first kappa shape index (κ1) is 35.4. The van der Waals surface area contributed by atoms with Gasteiger partial charge in [0, 0.05) is 48.2 Å². The van der Waals surface area contributed by atoms with Crippen molar-refractivity contribution in [2.75, 3.05) is 32.5 Å². The van der Waals surface area contributed by atoms with Gasteiger partial charge in [0.2, 0.25) is 10.0 Å². The van der Waals surface area contributed by atoms with Gasteiger partial charge in [0.1, 0.15) is 11.4 Å². The molecule has 2 aromatic heterocycles. The molecule has 6 rings (SSSR count). The Bertz CT molecular complexity index is 2050. The predicted molar refractivity (Wildman–Crippen MR) is 193 cm³/mol. The number of nitrogens with one attached hydrogen (secondary N) is 1. The van der Waals surface area contributed by atoms with E-state index in [0.29, 0.717) is 46.8 Å². The second kappa shape index (κ2) is 15.1. The van der Waals surface area contributed by atoms with Crippen molar-refractivity contribution in [3.05, 3.63) is 82.3 Å². The minimum atomic E-state index is -3.60. The monoisotopic (exact) mass is 693 g/mol. The fourth-order valence-corrected chi connectivity index (χ4v) is 7.81. The van der Waals surface area contributed by atoms with Gasteiger partial charge >= 0.3 is 5.97 Å². The summed E-state index contributed by atoms with van der Waals surface area (Å²) >= 11 is 6.91. The Morgan fingerprint density at radius 2 is 1.75 bits per heavy atom. The quantitative estimate of drug-likeness (QED) is 0.175. The van der Waals surface area contributed by atoms with Gasteiger partial charge in [0.15, 0.2) is 0 Å². The highest BCUT2D eigenvalue weighted by atomic mass is 35.5. The van der Waals surface area contributed by atoms with E-state index in [-0.39, 0.29) is 31.0 Å². The topological polar surface area (TPSA) is 119 Å². The Balaban J connectivity index is 0.000000840. The average molecular weight is 694 g/mol. The molecule has 0 amide bonds. The molecule has 256 valence electrons. The number of hydrogen-bond donors (Lipinski definition) is 2. The molecule has 0 atom stereocenters. The molecule has 10 nitrogen and oxygen atoms in total. The molecular formula is C36H44ClN5O5S. The van der Waals surface area contributed by atoms with Crippen molar-refractivity contribution in [2.24, 2.45) is 7.05 Å². The lowest BCUT2D eigenvalue weighted by Crippen LogP contribution is -2.29. The number of carbonyl (C=O) groups is 1. The summed E-state index contributed by atoms with van der Waals surface area (Å²) in [5.41, 5.74) is 4.30. The summed E-state index contributed by atoms with van der Waals surface area (Å²) in [6.45, 7) is 8.99. The highest BCUT2D eigenvalue weighted by Crippen LogP contribution is 2.43. The third-order valence-electron chi connectivity index (χ3n) is 8.85. The summed E-state index contributed by atoms with van der Waals surface area (Å²) in [5, 5.41) is 21.7. The molecule has 0 aliphatic carbocycles. The number of fused-ring (bicyclic) bond motifs is 3. The van der Waals surface area contributed by atoms with E-state index in [1.54, 1.807) is 29.4 Å². The van der Waals surface area contributed by atoms with E-state index >= 15 is 0 Å². The van der Waals surface area contributed by atoms with Gasteiger partial charge in [-0.2, -0.15) is 9.40 Å². The second-order valence-electron chi connectivity index (χ2n) is 11.9. The summed E-state index contributed by atoms with van der Waals surface area (Å²) in [5.74, 6) is -0.400. The predicted octanol–water partition coefficient (Wildman–Crippen LogP) is 6.65. The maximum Gasteiger partial charge on any atom is 0.352 e. The van der Waals surface area contributed by atoms with Crippen molar-refractivity contribution >= 4 is 49.3 Å². The normalized spacial score (nSPS) is 14.6. The molecule has 0 fully saturated rings. The molecule has 5 aromatic rings. The molecule has 2 N–H and O–H groups in total. The van der Waals surface area contributed by atoms with Crippen LogP contribution in [0, 0.1) is 6.92 Å². The van der Waals surface area contributed by atoms with E-state index in [0.717, 1.165) is 46.3 Å². The van der Waals surface area contributed by atoms with Gasteiger partial charge < -0.3 is 19.7 Å². The van der Waals surface area contributed by atoms with Crippen LogP contribution in [0.4, 0.5) is 0 Å². The highest BCUT2D eigenvalue weighted by Gasteiger charge is 2.31. The summed E-state index contributed by atoms with van der Waals surface area (Å²) in [6, 6.07) is 17.6.